The van der Waals surface area contributed by atoms with Gasteiger partial charge in [0.05, 0.1) is 0 Å². The van der Waals surface area contributed by atoms with E-state index in [1.807, 2.05) is 0 Å². The Morgan fingerprint density at radius 2 is 2.18 bits per heavy atom. The summed E-state index contributed by atoms with van der Waals surface area (Å²) in [5, 5.41) is 0. The Morgan fingerprint density at radius 1 is 1.41 bits per heavy atom. The van der Waals surface area contributed by atoms with Crippen LogP contribution in [0.1, 0.15) is 43.7 Å². The summed E-state index contributed by atoms with van der Waals surface area (Å²) in [6.07, 6.45) is 2.35. The zero-order valence-corrected chi connectivity index (χ0v) is 11.2. The third-order valence-corrected chi connectivity index (χ3v) is 3.82. The molecule has 0 aliphatic carbocycles. The smallest absolute Gasteiger partial charge is 0.0407 e. The van der Waals surface area contributed by atoms with E-state index in [-0.39, 0.29) is 0 Å². The highest BCUT2D eigenvalue weighted by Gasteiger charge is 2.30. The largest absolute Gasteiger partial charge is 0.368 e. The Bertz CT molecular complexity index is 385. The van der Waals surface area contributed by atoms with Crippen molar-refractivity contribution in [3.05, 3.63) is 29.3 Å². The molecular weight excluding hydrogens is 208 g/mol. The first-order valence-electron chi connectivity index (χ1n) is 6.71. The fourth-order valence-electron chi connectivity index (χ4n) is 2.96. The summed E-state index contributed by atoms with van der Waals surface area (Å²) in [4.78, 5) is 2.53. The quantitative estimate of drug-likeness (QED) is 0.864. The average Bonchev–Trinajstić information content (AvgIpc) is 2.67. The fourth-order valence-corrected chi connectivity index (χ4v) is 2.96. The van der Waals surface area contributed by atoms with E-state index in [1.165, 1.54) is 17.7 Å². The van der Waals surface area contributed by atoms with Gasteiger partial charge in [0, 0.05) is 24.2 Å². The second-order valence-corrected chi connectivity index (χ2v) is 5.38. The van der Waals surface area contributed by atoms with E-state index in [9.17, 15) is 0 Å². The third-order valence-electron chi connectivity index (χ3n) is 3.82. The second kappa shape index (κ2) is 5.09. The molecule has 2 heteroatoms. The molecule has 1 aliphatic heterocycles. The van der Waals surface area contributed by atoms with Crippen LogP contribution in [-0.4, -0.2) is 19.1 Å². The Labute approximate surface area is 105 Å². The van der Waals surface area contributed by atoms with Crippen LogP contribution in [0.2, 0.25) is 0 Å². The molecule has 0 fully saturated rings. The molecular formula is C15H24N2. The molecule has 0 saturated heterocycles. The summed E-state index contributed by atoms with van der Waals surface area (Å²) in [7, 11) is 0. The minimum atomic E-state index is 0.582. The van der Waals surface area contributed by atoms with Crippen LogP contribution in [0, 0.1) is 6.92 Å². The zero-order chi connectivity index (χ0) is 12.4. The monoisotopic (exact) mass is 232 g/mol. The number of fused-ring (bicyclic) bond motifs is 1. The molecule has 2 rings (SSSR count). The first-order valence-corrected chi connectivity index (χ1v) is 6.71. The van der Waals surface area contributed by atoms with Gasteiger partial charge in [-0.1, -0.05) is 12.1 Å². The molecule has 94 valence electrons. The number of hydrogen-bond donors (Lipinski definition) is 1. The number of rotatable bonds is 4. The highest BCUT2D eigenvalue weighted by molar-refractivity contribution is 5.63. The number of nitrogens with two attached hydrogens (primary N) is 1. The standard InChI is InChI=1S/C15H24N2/c1-11(2)17-10-13(7-5-9-16)15-12(3)6-4-8-14(15)17/h4,6,8,11,13H,5,7,9-10,16H2,1-3H3. The zero-order valence-electron chi connectivity index (χ0n) is 11.2. The van der Waals surface area contributed by atoms with E-state index in [1.54, 1.807) is 5.56 Å². The number of benzene rings is 1. The van der Waals surface area contributed by atoms with Gasteiger partial charge in [-0.3, -0.25) is 0 Å². The van der Waals surface area contributed by atoms with Crippen molar-refractivity contribution < 1.29 is 0 Å². The van der Waals surface area contributed by atoms with Crippen molar-refractivity contribution in [2.24, 2.45) is 5.73 Å². The van der Waals surface area contributed by atoms with E-state index < -0.39 is 0 Å². The van der Waals surface area contributed by atoms with Crippen LogP contribution in [0.4, 0.5) is 5.69 Å². The predicted molar refractivity (Wildman–Crippen MR) is 74.7 cm³/mol. The van der Waals surface area contributed by atoms with Crippen molar-refractivity contribution in [3.8, 4) is 0 Å². The summed E-state index contributed by atoms with van der Waals surface area (Å²) in [6.45, 7) is 8.75. The Balaban J connectivity index is 2.31. The van der Waals surface area contributed by atoms with E-state index in [0.717, 1.165) is 19.5 Å². The van der Waals surface area contributed by atoms with Crippen molar-refractivity contribution in [3.63, 3.8) is 0 Å². The Kier molecular flexibility index (Phi) is 3.72. The van der Waals surface area contributed by atoms with Crippen LogP contribution in [-0.2, 0) is 0 Å². The number of aryl methyl sites for hydroxylation is 1. The molecule has 0 amide bonds. The van der Waals surface area contributed by atoms with Gasteiger partial charge in [-0.05, 0) is 57.4 Å². The minimum absolute atomic E-state index is 0.582. The van der Waals surface area contributed by atoms with E-state index in [2.05, 4.69) is 43.9 Å². The van der Waals surface area contributed by atoms with Crippen molar-refractivity contribution in [1.82, 2.24) is 0 Å². The van der Waals surface area contributed by atoms with Gasteiger partial charge in [0.2, 0.25) is 0 Å². The molecule has 0 saturated carbocycles. The van der Waals surface area contributed by atoms with Gasteiger partial charge in [0.15, 0.2) is 0 Å². The lowest BCUT2D eigenvalue weighted by atomic mass is 9.93. The minimum Gasteiger partial charge on any atom is -0.368 e. The molecule has 0 bridgehead atoms. The first kappa shape index (κ1) is 12.4. The van der Waals surface area contributed by atoms with Crippen LogP contribution >= 0.6 is 0 Å². The molecule has 17 heavy (non-hydrogen) atoms. The lowest BCUT2D eigenvalue weighted by Gasteiger charge is -2.24. The summed E-state index contributed by atoms with van der Waals surface area (Å²) >= 11 is 0. The maximum absolute atomic E-state index is 5.65. The van der Waals surface area contributed by atoms with E-state index in [0.29, 0.717) is 12.0 Å². The van der Waals surface area contributed by atoms with Crippen LogP contribution in [0.3, 0.4) is 0 Å². The number of anilines is 1. The molecule has 0 aromatic heterocycles. The molecule has 1 atom stereocenters. The molecule has 1 aromatic carbocycles. The van der Waals surface area contributed by atoms with Crippen LogP contribution < -0.4 is 10.6 Å². The van der Waals surface area contributed by atoms with Crippen LogP contribution in [0.15, 0.2) is 18.2 Å². The summed E-state index contributed by atoms with van der Waals surface area (Å²) in [6, 6.07) is 7.26. The number of hydrogen-bond acceptors (Lipinski definition) is 2. The van der Waals surface area contributed by atoms with Gasteiger partial charge in [0.1, 0.15) is 0 Å². The third kappa shape index (κ3) is 2.32. The first-order chi connectivity index (χ1) is 8.15. The average molecular weight is 232 g/mol. The second-order valence-electron chi connectivity index (χ2n) is 5.38. The van der Waals surface area contributed by atoms with E-state index in [4.69, 9.17) is 5.73 Å². The summed E-state index contributed by atoms with van der Waals surface area (Å²) in [5.41, 5.74) is 10.1. The molecule has 2 N–H and O–H groups in total. The van der Waals surface area contributed by atoms with Crippen molar-refractivity contribution in [2.75, 3.05) is 18.0 Å². The molecule has 1 unspecified atom stereocenters. The van der Waals surface area contributed by atoms with E-state index >= 15 is 0 Å². The Morgan fingerprint density at radius 3 is 2.82 bits per heavy atom. The molecule has 2 nitrogen and oxygen atoms in total. The van der Waals surface area contributed by atoms with Crippen molar-refractivity contribution in [1.29, 1.82) is 0 Å². The fraction of sp³-hybridized carbons (Fsp3) is 0.600. The van der Waals surface area contributed by atoms with Gasteiger partial charge < -0.3 is 10.6 Å². The van der Waals surface area contributed by atoms with Crippen molar-refractivity contribution >= 4 is 5.69 Å². The molecule has 1 heterocycles. The number of nitrogens with zero attached hydrogens (tertiary/aromatic N) is 1. The van der Waals surface area contributed by atoms with Gasteiger partial charge in [-0.15, -0.1) is 0 Å². The lowest BCUT2D eigenvalue weighted by molar-refractivity contribution is 0.587. The van der Waals surface area contributed by atoms with Crippen molar-refractivity contribution in [2.45, 2.75) is 45.6 Å². The van der Waals surface area contributed by atoms with Gasteiger partial charge in [0.25, 0.3) is 0 Å². The molecule has 0 spiro atoms. The molecule has 1 aromatic rings. The van der Waals surface area contributed by atoms with Crippen LogP contribution in [0.25, 0.3) is 0 Å². The highest BCUT2D eigenvalue weighted by atomic mass is 15.2. The van der Waals surface area contributed by atoms with Gasteiger partial charge in [-0.2, -0.15) is 0 Å². The topological polar surface area (TPSA) is 29.3 Å². The normalized spacial score (nSPS) is 18.9. The SMILES string of the molecule is Cc1cccc2c1C(CCCN)CN2C(C)C. The van der Waals surface area contributed by atoms with Gasteiger partial charge >= 0.3 is 0 Å². The maximum atomic E-state index is 5.65. The highest BCUT2D eigenvalue weighted by Crippen LogP contribution is 2.41. The van der Waals surface area contributed by atoms with Crippen LogP contribution in [0.5, 0.6) is 0 Å². The lowest BCUT2D eigenvalue weighted by Crippen LogP contribution is -2.29. The Hall–Kier alpha value is -1.02. The van der Waals surface area contributed by atoms with Gasteiger partial charge in [-0.25, -0.2) is 0 Å². The molecule has 0 radical (unpaired) electrons. The molecule has 1 aliphatic rings. The summed E-state index contributed by atoms with van der Waals surface area (Å²) < 4.78 is 0. The maximum Gasteiger partial charge on any atom is 0.0407 e. The predicted octanol–water partition coefficient (Wildman–Crippen LogP) is 3.05. The summed E-state index contributed by atoms with van der Waals surface area (Å²) in [5.74, 6) is 0.678.